The van der Waals surface area contributed by atoms with Gasteiger partial charge in [-0.05, 0) is 91.6 Å². The van der Waals surface area contributed by atoms with E-state index >= 15 is 0 Å². The van der Waals surface area contributed by atoms with E-state index in [0.717, 1.165) is 47.8 Å². The maximum absolute atomic E-state index is 13.2. The summed E-state index contributed by atoms with van der Waals surface area (Å²) in [6.07, 6.45) is 10.5. The van der Waals surface area contributed by atoms with Gasteiger partial charge >= 0.3 is 0 Å². The molecule has 9 nitrogen and oxygen atoms in total. The van der Waals surface area contributed by atoms with Crippen LogP contribution in [0, 0.1) is 0 Å². The van der Waals surface area contributed by atoms with Crippen molar-refractivity contribution in [2.75, 3.05) is 29.1 Å². The fourth-order valence-electron chi connectivity index (χ4n) is 5.07. The molecular weight excluding hydrogens is 552 g/mol. The van der Waals surface area contributed by atoms with Crippen LogP contribution in [0.2, 0.25) is 0 Å². The number of benzene rings is 3. The van der Waals surface area contributed by atoms with Crippen molar-refractivity contribution in [1.29, 1.82) is 0 Å². The maximum Gasteiger partial charge on any atom is 0.255 e. The third-order valence-corrected chi connectivity index (χ3v) is 7.40. The van der Waals surface area contributed by atoms with E-state index in [9.17, 15) is 9.59 Å². The minimum atomic E-state index is -0.310. The first-order valence-electron chi connectivity index (χ1n) is 14.7. The van der Waals surface area contributed by atoms with Gasteiger partial charge in [-0.15, -0.1) is 0 Å². The van der Waals surface area contributed by atoms with Crippen molar-refractivity contribution >= 4 is 34.8 Å². The topological polar surface area (TPSA) is 108 Å². The molecule has 2 aliphatic rings. The van der Waals surface area contributed by atoms with E-state index in [1.807, 2.05) is 42.5 Å². The standard InChI is InChI=1S/C35H34N6O3/c1-2-33(42)37-27-11-9-25(10-12-27)34(43)38-28-19-24-20-29(22-28)39-35-36-16-15-32(40-35)26-7-6-8-31(21-26)44-18-5-3-4-17-41(23-24)30-13-14-30/h2-4,6-12,15-16,19-22,30H,1,5,13-14,17-18,23H2,(H,37,42)(H,38,43)(H,36,39,40)/b4-3+. The predicted octanol–water partition coefficient (Wildman–Crippen LogP) is 6.57. The number of nitrogens with one attached hydrogen (secondary N) is 3. The number of rotatable bonds is 5. The van der Waals surface area contributed by atoms with Crippen LogP contribution in [0.4, 0.5) is 23.0 Å². The zero-order valence-electron chi connectivity index (χ0n) is 24.3. The van der Waals surface area contributed by atoms with Crippen molar-refractivity contribution in [3.8, 4) is 17.0 Å². The molecule has 1 aliphatic carbocycles. The molecule has 0 radical (unpaired) electrons. The van der Waals surface area contributed by atoms with Gasteiger partial charge in [-0.3, -0.25) is 14.5 Å². The summed E-state index contributed by atoms with van der Waals surface area (Å²) in [5.41, 5.74) is 5.23. The largest absolute Gasteiger partial charge is 0.493 e. The van der Waals surface area contributed by atoms with Gasteiger partial charge in [-0.2, -0.15) is 0 Å². The fraction of sp³-hybridized carbons (Fsp3) is 0.200. The second-order valence-corrected chi connectivity index (χ2v) is 10.8. The van der Waals surface area contributed by atoms with Crippen molar-refractivity contribution < 1.29 is 14.3 Å². The summed E-state index contributed by atoms with van der Waals surface area (Å²) in [4.78, 5) is 36.5. The van der Waals surface area contributed by atoms with Gasteiger partial charge in [0.1, 0.15) is 5.75 Å². The van der Waals surface area contributed by atoms with Gasteiger partial charge in [0.25, 0.3) is 5.91 Å². The van der Waals surface area contributed by atoms with Crippen LogP contribution in [-0.4, -0.2) is 45.9 Å². The maximum atomic E-state index is 13.2. The summed E-state index contributed by atoms with van der Waals surface area (Å²) >= 11 is 0. The second-order valence-electron chi connectivity index (χ2n) is 10.8. The molecule has 2 heterocycles. The van der Waals surface area contributed by atoms with E-state index < -0.39 is 0 Å². The average Bonchev–Trinajstić information content (AvgIpc) is 3.88. The fourth-order valence-corrected chi connectivity index (χ4v) is 5.07. The Balaban J connectivity index is 1.30. The molecule has 222 valence electrons. The highest BCUT2D eigenvalue weighted by molar-refractivity contribution is 6.05. The molecule has 1 saturated carbocycles. The van der Waals surface area contributed by atoms with Crippen molar-refractivity contribution in [3.05, 3.63) is 115 Å². The normalized spacial score (nSPS) is 15.8. The van der Waals surface area contributed by atoms with Crippen molar-refractivity contribution in [3.63, 3.8) is 0 Å². The summed E-state index contributed by atoms with van der Waals surface area (Å²) in [5, 5.41) is 9.09. The minimum absolute atomic E-state index is 0.258. The molecule has 44 heavy (non-hydrogen) atoms. The molecular formula is C35H34N6O3. The summed E-state index contributed by atoms with van der Waals surface area (Å²) in [6.45, 7) is 5.62. The van der Waals surface area contributed by atoms with Gasteiger partial charge in [-0.1, -0.05) is 30.9 Å². The molecule has 1 aliphatic heterocycles. The summed E-state index contributed by atoms with van der Waals surface area (Å²) in [7, 11) is 0. The lowest BCUT2D eigenvalue weighted by molar-refractivity contribution is -0.111. The molecule has 1 fully saturated rings. The Hall–Kier alpha value is -5.28. The third kappa shape index (κ3) is 7.56. The molecule has 3 N–H and O–H groups in total. The Morgan fingerprint density at radius 1 is 0.977 bits per heavy atom. The van der Waals surface area contributed by atoms with Crippen LogP contribution in [0.1, 0.15) is 35.2 Å². The Labute approximate surface area is 256 Å². The average molecular weight is 587 g/mol. The van der Waals surface area contributed by atoms with Crippen molar-refractivity contribution in [1.82, 2.24) is 14.9 Å². The Kier molecular flexibility index (Phi) is 8.75. The first-order valence-corrected chi connectivity index (χ1v) is 14.7. The molecule has 4 aromatic rings. The van der Waals surface area contributed by atoms with Gasteiger partial charge in [0.2, 0.25) is 11.9 Å². The zero-order valence-corrected chi connectivity index (χ0v) is 24.3. The smallest absolute Gasteiger partial charge is 0.255 e. The molecule has 0 atom stereocenters. The number of carbonyl (C=O) groups is 2. The Morgan fingerprint density at radius 3 is 2.66 bits per heavy atom. The number of anilines is 4. The Morgan fingerprint density at radius 2 is 1.84 bits per heavy atom. The highest BCUT2D eigenvalue weighted by Crippen LogP contribution is 2.31. The van der Waals surface area contributed by atoms with E-state index in [-0.39, 0.29) is 11.8 Å². The quantitative estimate of drug-likeness (QED) is 0.179. The molecule has 0 spiro atoms. The lowest BCUT2D eigenvalue weighted by Crippen LogP contribution is -2.26. The number of hydrogen-bond donors (Lipinski definition) is 3. The highest BCUT2D eigenvalue weighted by Gasteiger charge is 2.28. The lowest BCUT2D eigenvalue weighted by atomic mass is 10.1. The summed E-state index contributed by atoms with van der Waals surface area (Å²) < 4.78 is 6.01. The molecule has 0 saturated heterocycles. The summed E-state index contributed by atoms with van der Waals surface area (Å²) in [6, 6.07) is 23.0. The number of nitrogens with zero attached hydrogens (tertiary/aromatic N) is 3. The summed E-state index contributed by atoms with van der Waals surface area (Å²) in [5.74, 6) is 0.680. The van der Waals surface area contributed by atoms with Crippen LogP contribution in [0.25, 0.3) is 11.3 Å². The number of amides is 2. The number of aromatic nitrogens is 2. The van der Waals surface area contributed by atoms with E-state index in [2.05, 4.69) is 50.6 Å². The first-order chi connectivity index (χ1) is 21.5. The highest BCUT2D eigenvalue weighted by atomic mass is 16.5. The number of ether oxygens (including phenoxy) is 1. The Bertz CT molecular complexity index is 1700. The van der Waals surface area contributed by atoms with Gasteiger partial charge in [-0.25, -0.2) is 9.97 Å². The van der Waals surface area contributed by atoms with E-state index in [1.165, 1.54) is 18.9 Å². The van der Waals surface area contributed by atoms with Crippen LogP contribution >= 0.6 is 0 Å². The van der Waals surface area contributed by atoms with Gasteiger partial charge in [0.15, 0.2) is 0 Å². The number of fused-ring (bicyclic) bond motifs is 7. The zero-order chi connectivity index (χ0) is 30.3. The lowest BCUT2D eigenvalue weighted by Gasteiger charge is -2.22. The predicted molar refractivity (Wildman–Crippen MR) is 173 cm³/mol. The molecule has 3 aromatic carbocycles. The molecule has 9 heteroatoms. The molecule has 0 unspecified atom stereocenters. The first kappa shape index (κ1) is 28.8. The van der Waals surface area contributed by atoms with Crippen molar-refractivity contribution in [2.45, 2.75) is 31.8 Å². The van der Waals surface area contributed by atoms with Crippen LogP contribution in [-0.2, 0) is 11.3 Å². The SMILES string of the molecule is C=CC(=O)Nc1ccc(C(=O)Nc2cc3cc(c2)Nc2nccc(n2)-c2cccc(c2)OCC/C=C/CN(C2CC2)C3)cc1. The van der Waals surface area contributed by atoms with E-state index in [1.54, 1.807) is 30.5 Å². The van der Waals surface area contributed by atoms with Gasteiger partial charge < -0.3 is 20.7 Å². The molecule has 6 rings (SSSR count). The van der Waals surface area contributed by atoms with E-state index in [4.69, 9.17) is 9.72 Å². The van der Waals surface area contributed by atoms with Crippen LogP contribution in [0.3, 0.4) is 0 Å². The van der Waals surface area contributed by atoms with E-state index in [0.29, 0.717) is 35.5 Å². The molecule has 2 amide bonds. The number of carbonyl (C=O) groups excluding carboxylic acids is 2. The number of hydrogen-bond acceptors (Lipinski definition) is 7. The third-order valence-electron chi connectivity index (χ3n) is 7.40. The van der Waals surface area contributed by atoms with Crippen molar-refractivity contribution in [2.24, 2.45) is 0 Å². The van der Waals surface area contributed by atoms with Gasteiger partial charge in [0.05, 0.1) is 12.3 Å². The van der Waals surface area contributed by atoms with Gasteiger partial charge in [0, 0.05) is 53.5 Å². The minimum Gasteiger partial charge on any atom is -0.493 e. The van der Waals surface area contributed by atoms with Crippen LogP contribution in [0.5, 0.6) is 5.75 Å². The second kappa shape index (κ2) is 13.4. The molecule has 6 bridgehead atoms. The monoisotopic (exact) mass is 586 g/mol. The molecule has 1 aromatic heterocycles. The van der Waals surface area contributed by atoms with Crippen LogP contribution < -0.4 is 20.7 Å². The van der Waals surface area contributed by atoms with Crippen LogP contribution in [0.15, 0.2) is 104 Å².